The van der Waals surface area contributed by atoms with E-state index in [0.29, 0.717) is 16.5 Å². The van der Waals surface area contributed by atoms with E-state index in [9.17, 15) is 4.79 Å². The van der Waals surface area contributed by atoms with Crippen molar-refractivity contribution < 1.29 is 4.79 Å². The van der Waals surface area contributed by atoms with Gasteiger partial charge < -0.3 is 10.6 Å². The molecule has 0 atom stereocenters. The van der Waals surface area contributed by atoms with Crippen LogP contribution >= 0.6 is 11.6 Å². The first-order chi connectivity index (χ1) is 11.6. The molecule has 120 valence electrons. The van der Waals surface area contributed by atoms with Crippen molar-refractivity contribution in [3.63, 3.8) is 0 Å². The zero-order chi connectivity index (χ0) is 16.9. The molecule has 0 aliphatic heterocycles. The fourth-order valence-corrected chi connectivity index (χ4v) is 2.28. The second kappa shape index (κ2) is 7.10. The van der Waals surface area contributed by atoms with Gasteiger partial charge in [0.15, 0.2) is 0 Å². The Morgan fingerprint density at radius 3 is 2.50 bits per heavy atom. The lowest BCUT2D eigenvalue weighted by molar-refractivity contribution is 0.102. The minimum Gasteiger partial charge on any atom is -0.339 e. The Morgan fingerprint density at radius 1 is 1.00 bits per heavy atom. The molecule has 3 aromatic rings. The summed E-state index contributed by atoms with van der Waals surface area (Å²) >= 11 is 6.05. The normalized spacial score (nSPS) is 10.2. The first-order valence-corrected chi connectivity index (χ1v) is 7.72. The average molecular weight is 339 g/mol. The number of halogens is 1. The summed E-state index contributed by atoms with van der Waals surface area (Å²) in [6.07, 6.45) is 2.95. The van der Waals surface area contributed by atoms with Crippen LogP contribution in [0.3, 0.4) is 0 Å². The first kappa shape index (κ1) is 16.0. The maximum Gasteiger partial charge on any atom is 0.275 e. The van der Waals surface area contributed by atoms with Crippen LogP contribution in [-0.4, -0.2) is 15.9 Å². The number of carbonyl (C=O) groups excluding carboxylic acids is 1. The molecule has 0 spiro atoms. The molecule has 0 aliphatic rings. The number of carbonyl (C=O) groups is 1. The van der Waals surface area contributed by atoms with E-state index in [-0.39, 0.29) is 11.6 Å². The maximum atomic E-state index is 12.3. The molecule has 6 heteroatoms. The molecule has 0 aliphatic carbocycles. The molecule has 0 fully saturated rings. The van der Waals surface area contributed by atoms with Gasteiger partial charge in [-0.2, -0.15) is 0 Å². The molecule has 3 rings (SSSR count). The summed E-state index contributed by atoms with van der Waals surface area (Å²) in [6, 6.07) is 15.0. The highest BCUT2D eigenvalue weighted by Gasteiger charge is 2.11. The Balaban J connectivity index is 1.71. The number of hydrogen-bond acceptors (Lipinski definition) is 4. The highest BCUT2D eigenvalue weighted by atomic mass is 35.5. The topological polar surface area (TPSA) is 66.9 Å². The molecule has 0 unspecified atom stereocenters. The summed E-state index contributed by atoms with van der Waals surface area (Å²) in [4.78, 5) is 20.6. The Labute approximate surface area is 144 Å². The van der Waals surface area contributed by atoms with Crippen LogP contribution in [0.2, 0.25) is 5.02 Å². The Bertz CT molecular complexity index is 851. The minimum absolute atomic E-state index is 0.230. The van der Waals surface area contributed by atoms with Gasteiger partial charge in [-0.1, -0.05) is 35.9 Å². The number of amides is 1. The highest BCUT2D eigenvalue weighted by Crippen LogP contribution is 2.23. The summed E-state index contributed by atoms with van der Waals surface area (Å²) in [5.41, 5.74) is 2.59. The lowest BCUT2D eigenvalue weighted by Gasteiger charge is -2.09. The Morgan fingerprint density at radius 2 is 1.79 bits per heavy atom. The number of benzene rings is 2. The third-order valence-corrected chi connectivity index (χ3v) is 3.86. The number of nitrogens with zero attached hydrogens (tertiary/aromatic N) is 2. The predicted molar refractivity (Wildman–Crippen MR) is 95.9 cm³/mol. The van der Waals surface area contributed by atoms with Crippen molar-refractivity contribution in [2.45, 2.75) is 6.92 Å². The molecule has 24 heavy (non-hydrogen) atoms. The van der Waals surface area contributed by atoms with Crippen LogP contribution in [0.15, 0.2) is 60.9 Å². The third-order valence-electron chi connectivity index (χ3n) is 3.45. The van der Waals surface area contributed by atoms with Crippen molar-refractivity contribution in [3.8, 4) is 0 Å². The number of nitrogens with one attached hydrogen (secondary N) is 2. The molecular formula is C18H15ClN4O. The number of rotatable bonds is 4. The van der Waals surface area contributed by atoms with E-state index in [1.54, 1.807) is 18.2 Å². The molecule has 0 radical (unpaired) electrons. The third kappa shape index (κ3) is 3.70. The summed E-state index contributed by atoms with van der Waals surface area (Å²) < 4.78 is 0. The Hall–Kier alpha value is -2.92. The number of aromatic nitrogens is 2. The van der Waals surface area contributed by atoms with Crippen LogP contribution in [0, 0.1) is 6.92 Å². The molecule has 0 bridgehead atoms. The molecular weight excluding hydrogens is 324 g/mol. The SMILES string of the molecule is Cc1c(Cl)cccc1NC(=O)c1cnc(Nc2ccccc2)cn1. The number of hydrogen-bond donors (Lipinski definition) is 2. The lowest BCUT2D eigenvalue weighted by Crippen LogP contribution is -2.15. The summed E-state index contributed by atoms with van der Waals surface area (Å²) in [5, 5.41) is 6.50. The molecule has 1 heterocycles. The van der Waals surface area contributed by atoms with Gasteiger partial charge in [0, 0.05) is 16.4 Å². The van der Waals surface area contributed by atoms with Crippen molar-refractivity contribution in [2.24, 2.45) is 0 Å². The van der Waals surface area contributed by atoms with Crippen LogP contribution in [0.4, 0.5) is 17.2 Å². The molecule has 0 saturated heterocycles. The summed E-state index contributed by atoms with van der Waals surface area (Å²) in [5.74, 6) is 0.232. The monoisotopic (exact) mass is 338 g/mol. The van der Waals surface area contributed by atoms with Gasteiger partial charge in [-0.15, -0.1) is 0 Å². The van der Waals surface area contributed by atoms with Gasteiger partial charge in [-0.25, -0.2) is 9.97 Å². The summed E-state index contributed by atoms with van der Waals surface area (Å²) in [6.45, 7) is 1.84. The average Bonchev–Trinajstić information content (AvgIpc) is 2.60. The standard InChI is InChI=1S/C18H15ClN4O/c1-12-14(19)8-5-9-15(12)23-18(24)16-10-21-17(11-20-16)22-13-6-3-2-4-7-13/h2-11H,1H3,(H,21,22)(H,23,24). The van der Waals surface area contributed by atoms with Crippen molar-refractivity contribution in [1.29, 1.82) is 0 Å². The zero-order valence-corrected chi connectivity index (χ0v) is 13.7. The molecule has 1 amide bonds. The largest absolute Gasteiger partial charge is 0.339 e. The van der Waals surface area contributed by atoms with E-state index in [1.807, 2.05) is 37.3 Å². The fraction of sp³-hybridized carbons (Fsp3) is 0.0556. The van der Waals surface area contributed by atoms with E-state index in [1.165, 1.54) is 12.4 Å². The molecule has 0 saturated carbocycles. The predicted octanol–water partition coefficient (Wildman–Crippen LogP) is 4.43. The van der Waals surface area contributed by atoms with Crippen LogP contribution in [-0.2, 0) is 0 Å². The number of para-hydroxylation sites is 1. The van der Waals surface area contributed by atoms with Crippen molar-refractivity contribution in [1.82, 2.24) is 9.97 Å². The van der Waals surface area contributed by atoms with Gasteiger partial charge in [0.2, 0.25) is 0 Å². The van der Waals surface area contributed by atoms with E-state index in [0.717, 1.165) is 11.3 Å². The molecule has 2 N–H and O–H groups in total. The van der Waals surface area contributed by atoms with Gasteiger partial charge in [-0.05, 0) is 36.8 Å². The Kier molecular flexibility index (Phi) is 4.72. The molecule has 2 aromatic carbocycles. The van der Waals surface area contributed by atoms with E-state index in [4.69, 9.17) is 11.6 Å². The smallest absolute Gasteiger partial charge is 0.275 e. The van der Waals surface area contributed by atoms with Crippen molar-refractivity contribution in [3.05, 3.63) is 77.2 Å². The van der Waals surface area contributed by atoms with Crippen LogP contribution in [0.1, 0.15) is 16.1 Å². The minimum atomic E-state index is -0.334. The van der Waals surface area contributed by atoms with E-state index >= 15 is 0 Å². The van der Waals surface area contributed by atoms with Crippen molar-refractivity contribution >= 4 is 34.7 Å². The second-order valence-corrected chi connectivity index (χ2v) is 5.55. The van der Waals surface area contributed by atoms with Gasteiger partial charge in [0.25, 0.3) is 5.91 Å². The molecule has 5 nitrogen and oxygen atoms in total. The summed E-state index contributed by atoms with van der Waals surface area (Å²) in [7, 11) is 0. The zero-order valence-electron chi connectivity index (χ0n) is 13.0. The maximum absolute atomic E-state index is 12.3. The highest BCUT2D eigenvalue weighted by molar-refractivity contribution is 6.31. The van der Waals surface area contributed by atoms with Crippen LogP contribution in [0.5, 0.6) is 0 Å². The van der Waals surface area contributed by atoms with Gasteiger partial charge >= 0.3 is 0 Å². The lowest BCUT2D eigenvalue weighted by atomic mass is 10.2. The second-order valence-electron chi connectivity index (χ2n) is 5.14. The van der Waals surface area contributed by atoms with Crippen LogP contribution < -0.4 is 10.6 Å². The first-order valence-electron chi connectivity index (χ1n) is 7.34. The van der Waals surface area contributed by atoms with Gasteiger partial charge in [0.05, 0.1) is 12.4 Å². The number of anilines is 3. The fourth-order valence-electron chi connectivity index (χ4n) is 2.11. The van der Waals surface area contributed by atoms with Crippen molar-refractivity contribution in [2.75, 3.05) is 10.6 Å². The van der Waals surface area contributed by atoms with E-state index < -0.39 is 0 Å². The van der Waals surface area contributed by atoms with Gasteiger partial charge in [-0.3, -0.25) is 4.79 Å². The quantitative estimate of drug-likeness (QED) is 0.738. The van der Waals surface area contributed by atoms with Gasteiger partial charge in [0.1, 0.15) is 11.5 Å². The van der Waals surface area contributed by atoms with E-state index in [2.05, 4.69) is 20.6 Å². The molecule has 1 aromatic heterocycles. The van der Waals surface area contributed by atoms with Crippen LogP contribution in [0.25, 0.3) is 0 Å².